The van der Waals surface area contributed by atoms with E-state index in [0.29, 0.717) is 15.1 Å². The molecule has 2 aromatic carbocycles. The molecule has 2 aromatic rings. The van der Waals surface area contributed by atoms with Gasteiger partial charge in [0, 0.05) is 5.02 Å². The van der Waals surface area contributed by atoms with Gasteiger partial charge >= 0.3 is 5.97 Å². The molecule has 0 aromatic heterocycles. The molecule has 1 atom stereocenters. The number of hydrogen-bond acceptors (Lipinski definition) is 3. The molecule has 0 spiro atoms. The molecule has 25 heavy (non-hydrogen) atoms. The van der Waals surface area contributed by atoms with Crippen molar-refractivity contribution in [1.29, 1.82) is 0 Å². The fourth-order valence-corrected chi connectivity index (χ4v) is 2.72. The Morgan fingerprint density at radius 2 is 1.72 bits per heavy atom. The molecular formula is C18H16Cl3NO3. The molecule has 0 aliphatic rings. The van der Waals surface area contributed by atoms with Gasteiger partial charge in [-0.1, -0.05) is 53.0 Å². The van der Waals surface area contributed by atoms with Crippen LogP contribution in [0.4, 0.5) is 0 Å². The number of amides is 1. The summed E-state index contributed by atoms with van der Waals surface area (Å²) in [5.74, 6) is -0.669. The summed E-state index contributed by atoms with van der Waals surface area (Å²) in [7, 11) is 1.30. The Balaban J connectivity index is 2.11. The van der Waals surface area contributed by atoms with Crippen LogP contribution >= 0.6 is 34.8 Å². The summed E-state index contributed by atoms with van der Waals surface area (Å²) in [4.78, 5) is 24.0. The number of esters is 1. The largest absolute Gasteiger partial charge is 0.469 e. The summed E-state index contributed by atoms with van der Waals surface area (Å²) in [6.45, 7) is 0. The van der Waals surface area contributed by atoms with Gasteiger partial charge in [-0.05, 0) is 35.4 Å². The van der Waals surface area contributed by atoms with Gasteiger partial charge < -0.3 is 10.1 Å². The number of ether oxygens (including phenoxy) is 1. The summed E-state index contributed by atoms with van der Waals surface area (Å²) in [5, 5.41) is 4.22. The van der Waals surface area contributed by atoms with Gasteiger partial charge in [0.1, 0.15) is 0 Å². The van der Waals surface area contributed by atoms with Crippen molar-refractivity contribution in [3.63, 3.8) is 0 Å². The second-order valence-corrected chi connectivity index (χ2v) is 6.63. The van der Waals surface area contributed by atoms with Crippen LogP contribution in [0.5, 0.6) is 0 Å². The summed E-state index contributed by atoms with van der Waals surface area (Å²) < 4.78 is 4.71. The number of carbonyl (C=O) groups is 2. The zero-order valence-corrected chi connectivity index (χ0v) is 15.7. The Morgan fingerprint density at radius 1 is 1.04 bits per heavy atom. The maximum atomic E-state index is 12.4. The van der Waals surface area contributed by atoms with Crippen LogP contribution in [0, 0.1) is 0 Å². The summed E-state index contributed by atoms with van der Waals surface area (Å²) >= 11 is 17.7. The summed E-state index contributed by atoms with van der Waals surface area (Å²) in [6.07, 6.45) is 0.132. The third-order valence-corrected chi connectivity index (χ3v) is 4.55. The molecule has 1 N–H and O–H groups in total. The van der Waals surface area contributed by atoms with Gasteiger partial charge in [0.05, 0.1) is 36.0 Å². The number of carbonyl (C=O) groups excluding carboxylic acids is 2. The lowest BCUT2D eigenvalue weighted by Gasteiger charge is -2.18. The molecule has 0 saturated carbocycles. The van der Waals surface area contributed by atoms with Crippen LogP contribution in [0.15, 0.2) is 42.5 Å². The molecule has 0 saturated heterocycles. The molecule has 1 amide bonds. The topological polar surface area (TPSA) is 55.4 Å². The van der Waals surface area contributed by atoms with E-state index in [1.165, 1.54) is 7.11 Å². The zero-order chi connectivity index (χ0) is 18.4. The second-order valence-electron chi connectivity index (χ2n) is 5.38. The number of halogens is 3. The van der Waals surface area contributed by atoms with Gasteiger partial charge in [0.2, 0.25) is 5.91 Å². The molecule has 0 aliphatic heterocycles. The fraction of sp³-hybridized carbons (Fsp3) is 0.222. The first-order valence-corrected chi connectivity index (χ1v) is 8.58. The smallest absolute Gasteiger partial charge is 0.307 e. The van der Waals surface area contributed by atoms with Crippen LogP contribution in [0.25, 0.3) is 0 Å². The zero-order valence-electron chi connectivity index (χ0n) is 13.4. The number of rotatable bonds is 6. The van der Waals surface area contributed by atoms with Crippen molar-refractivity contribution >= 4 is 46.7 Å². The lowest BCUT2D eigenvalue weighted by Crippen LogP contribution is -2.31. The van der Waals surface area contributed by atoms with E-state index in [-0.39, 0.29) is 18.7 Å². The van der Waals surface area contributed by atoms with Crippen molar-refractivity contribution in [2.45, 2.75) is 18.9 Å². The van der Waals surface area contributed by atoms with E-state index in [1.807, 2.05) is 0 Å². The van der Waals surface area contributed by atoms with Crippen LogP contribution in [-0.4, -0.2) is 19.0 Å². The highest BCUT2D eigenvalue weighted by Gasteiger charge is 2.19. The van der Waals surface area contributed by atoms with E-state index < -0.39 is 12.0 Å². The SMILES string of the molecule is COC(=O)CC(NC(=O)Cc1ccc(Cl)c(Cl)c1)c1ccc(Cl)cc1. The minimum Gasteiger partial charge on any atom is -0.469 e. The maximum Gasteiger partial charge on any atom is 0.307 e. The van der Waals surface area contributed by atoms with Crippen LogP contribution in [0.3, 0.4) is 0 Å². The molecule has 0 fully saturated rings. The van der Waals surface area contributed by atoms with E-state index in [1.54, 1.807) is 42.5 Å². The van der Waals surface area contributed by atoms with Crippen LogP contribution in [0.2, 0.25) is 15.1 Å². The van der Waals surface area contributed by atoms with Gasteiger partial charge in [0.25, 0.3) is 0 Å². The highest BCUT2D eigenvalue weighted by molar-refractivity contribution is 6.42. The van der Waals surface area contributed by atoms with E-state index in [0.717, 1.165) is 11.1 Å². The summed E-state index contributed by atoms with van der Waals surface area (Å²) in [5.41, 5.74) is 1.48. The minimum atomic E-state index is -0.514. The number of benzene rings is 2. The molecular weight excluding hydrogens is 385 g/mol. The van der Waals surface area contributed by atoms with Crippen molar-refractivity contribution in [2.24, 2.45) is 0 Å². The van der Waals surface area contributed by atoms with Crippen molar-refractivity contribution in [1.82, 2.24) is 5.32 Å². The van der Waals surface area contributed by atoms with E-state index in [9.17, 15) is 9.59 Å². The third-order valence-electron chi connectivity index (χ3n) is 3.55. The van der Waals surface area contributed by atoms with Gasteiger partial charge in [-0.2, -0.15) is 0 Å². The average Bonchev–Trinajstić information content (AvgIpc) is 2.58. The van der Waals surface area contributed by atoms with Crippen molar-refractivity contribution in [3.8, 4) is 0 Å². The predicted octanol–water partition coefficient (Wildman–Crippen LogP) is 4.61. The van der Waals surface area contributed by atoms with Gasteiger partial charge in [0.15, 0.2) is 0 Å². The number of hydrogen-bond donors (Lipinski definition) is 1. The van der Waals surface area contributed by atoms with Crippen molar-refractivity contribution in [2.75, 3.05) is 7.11 Å². The maximum absolute atomic E-state index is 12.4. The first-order chi connectivity index (χ1) is 11.9. The molecule has 4 nitrogen and oxygen atoms in total. The quantitative estimate of drug-likeness (QED) is 0.720. The molecule has 2 rings (SSSR count). The molecule has 0 aliphatic carbocycles. The Kier molecular flexibility index (Phi) is 7.12. The first-order valence-electron chi connectivity index (χ1n) is 7.44. The first kappa shape index (κ1) is 19.6. The van der Waals surface area contributed by atoms with E-state index >= 15 is 0 Å². The van der Waals surface area contributed by atoms with Gasteiger partial charge in [-0.15, -0.1) is 0 Å². The average molecular weight is 401 g/mol. The lowest BCUT2D eigenvalue weighted by atomic mass is 10.0. The van der Waals surface area contributed by atoms with Gasteiger partial charge in [-0.3, -0.25) is 9.59 Å². The Bertz CT molecular complexity index is 763. The molecule has 0 heterocycles. The standard InChI is InChI=1S/C18H16Cl3NO3/c1-25-18(24)10-16(12-3-5-13(19)6-4-12)22-17(23)9-11-2-7-14(20)15(21)8-11/h2-8,16H,9-10H2,1H3,(H,22,23). The highest BCUT2D eigenvalue weighted by Crippen LogP contribution is 2.23. The second kappa shape index (κ2) is 9.09. The Morgan fingerprint density at radius 3 is 2.32 bits per heavy atom. The van der Waals surface area contributed by atoms with E-state index in [4.69, 9.17) is 39.5 Å². The lowest BCUT2D eigenvalue weighted by molar-refractivity contribution is -0.141. The molecule has 0 bridgehead atoms. The predicted molar refractivity (Wildman–Crippen MR) is 99.1 cm³/mol. The van der Waals surface area contributed by atoms with Crippen LogP contribution in [-0.2, 0) is 20.7 Å². The van der Waals surface area contributed by atoms with Crippen molar-refractivity contribution < 1.29 is 14.3 Å². The fourth-order valence-electron chi connectivity index (χ4n) is 2.28. The number of methoxy groups -OCH3 is 1. The normalized spacial score (nSPS) is 11.7. The van der Waals surface area contributed by atoms with Crippen molar-refractivity contribution in [3.05, 3.63) is 68.7 Å². The molecule has 1 unspecified atom stereocenters. The third kappa shape index (κ3) is 5.92. The highest BCUT2D eigenvalue weighted by atomic mass is 35.5. The molecule has 7 heteroatoms. The van der Waals surface area contributed by atoms with Crippen LogP contribution in [0.1, 0.15) is 23.6 Å². The van der Waals surface area contributed by atoms with E-state index in [2.05, 4.69) is 5.32 Å². The Hall–Kier alpha value is -1.75. The van der Waals surface area contributed by atoms with Gasteiger partial charge in [-0.25, -0.2) is 0 Å². The molecule has 132 valence electrons. The minimum absolute atomic E-state index is 0.0191. The Labute approximate surface area is 161 Å². The molecule has 0 radical (unpaired) electrons. The number of nitrogens with one attached hydrogen (secondary N) is 1. The summed E-state index contributed by atoms with van der Waals surface area (Å²) in [6, 6.07) is 11.4. The monoisotopic (exact) mass is 399 g/mol. The van der Waals surface area contributed by atoms with Crippen LogP contribution < -0.4 is 5.32 Å².